The van der Waals surface area contributed by atoms with Crippen LogP contribution in [0.5, 0.6) is 5.75 Å². The number of anilines is 1. The van der Waals surface area contributed by atoms with E-state index in [0.717, 1.165) is 16.9 Å². The molecule has 27 heavy (non-hydrogen) atoms. The molecular formula is C20H19ClN4O2. The van der Waals surface area contributed by atoms with Gasteiger partial charge in [0.25, 0.3) is 5.91 Å². The second-order valence-electron chi connectivity index (χ2n) is 5.78. The largest absolute Gasteiger partial charge is 0.496 e. The van der Waals surface area contributed by atoms with Gasteiger partial charge in [0.1, 0.15) is 11.6 Å². The highest BCUT2D eigenvalue weighted by Crippen LogP contribution is 2.17. The summed E-state index contributed by atoms with van der Waals surface area (Å²) in [6.07, 6.45) is 0. The van der Waals surface area contributed by atoms with Crippen molar-refractivity contribution in [3.63, 3.8) is 0 Å². The van der Waals surface area contributed by atoms with Crippen LogP contribution in [0.3, 0.4) is 0 Å². The molecule has 1 aromatic heterocycles. The third-order valence-electron chi connectivity index (χ3n) is 3.92. The van der Waals surface area contributed by atoms with Gasteiger partial charge in [0.2, 0.25) is 0 Å². The van der Waals surface area contributed by atoms with Crippen LogP contribution in [0.25, 0.3) is 0 Å². The summed E-state index contributed by atoms with van der Waals surface area (Å²) in [6, 6.07) is 18.4. The van der Waals surface area contributed by atoms with E-state index >= 15 is 0 Å². The van der Waals surface area contributed by atoms with Gasteiger partial charge in [0.05, 0.1) is 7.11 Å². The van der Waals surface area contributed by atoms with Crippen LogP contribution in [-0.2, 0) is 13.1 Å². The molecule has 1 heterocycles. The van der Waals surface area contributed by atoms with Crippen LogP contribution in [0.4, 0.5) is 5.82 Å². The Morgan fingerprint density at radius 2 is 1.78 bits per heavy atom. The zero-order chi connectivity index (χ0) is 19.1. The summed E-state index contributed by atoms with van der Waals surface area (Å²) in [5.41, 5.74) is 2.21. The van der Waals surface area contributed by atoms with Crippen molar-refractivity contribution in [2.45, 2.75) is 13.1 Å². The SMILES string of the molecule is COc1ccccc1CNC(=O)c1ccc(NCc2ccc(Cl)cc2)nn1. The van der Waals surface area contributed by atoms with Crippen LogP contribution in [-0.4, -0.2) is 23.2 Å². The van der Waals surface area contributed by atoms with Crippen LogP contribution in [0, 0.1) is 0 Å². The van der Waals surface area contributed by atoms with Gasteiger partial charge in [-0.2, -0.15) is 0 Å². The van der Waals surface area contributed by atoms with Crippen LogP contribution >= 0.6 is 11.6 Å². The predicted molar refractivity (Wildman–Crippen MR) is 105 cm³/mol. The van der Waals surface area contributed by atoms with Gasteiger partial charge in [-0.3, -0.25) is 4.79 Å². The van der Waals surface area contributed by atoms with Gasteiger partial charge in [-0.1, -0.05) is 41.9 Å². The van der Waals surface area contributed by atoms with E-state index < -0.39 is 0 Å². The number of nitrogens with one attached hydrogen (secondary N) is 2. The van der Waals surface area contributed by atoms with E-state index in [0.29, 0.717) is 23.9 Å². The molecule has 0 radical (unpaired) electrons. The van der Waals surface area contributed by atoms with E-state index in [1.54, 1.807) is 19.2 Å². The molecule has 0 saturated carbocycles. The minimum absolute atomic E-state index is 0.252. The fraction of sp³-hybridized carbons (Fsp3) is 0.150. The normalized spacial score (nSPS) is 10.3. The number of carbonyl (C=O) groups excluding carboxylic acids is 1. The number of para-hydroxylation sites is 1. The van der Waals surface area contributed by atoms with Crippen molar-refractivity contribution < 1.29 is 9.53 Å². The molecule has 0 atom stereocenters. The highest BCUT2D eigenvalue weighted by molar-refractivity contribution is 6.30. The number of ether oxygens (including phenoxy) is 1. The average molecular weight is 383 g/mol. The van der Waals surface area contributed by atoms with Crippen molar-refractivity contribution in [1.29, 1.82) is 0 Å². The number of nitrogens with zero attached hydrogens (tertiary/aromatic N) is 2. The van der Waals surface area contributed by atoms with Crippen molar-refractivity contribution >= 4 is 23.3 Å². The van der Waals surface area contributed by atoms with Gasteiger partial charge in [0.15, 0.2) is 5.69 Å². The second-order valence-corrected chi connectivity index (χ2v) is 6.21. The fourth-order valence-electron chi connectivity index (χ4n) is 2.46. The van der Waals surface area contributed by atoms with Gasteiger partial charge in [-0.05, 0) is 35.9 Å². The maximum Gasteiger partial charge on any atom is 0.272 e. The molecule has 3 aromatic rings. The molecule has 3 rings (SSSR count). The quantitative estimate of drug-likeness (QED) is 0.651. The number of carbonyl (C=O) groups is 1. The third-order valence-corrected chi connectivity index (χ3v) is 4.17. The van der Waals surface area contributed by atoms with Crippen molar-refractivity contribution in [2.75, 3.05) is 12.4 Å². The molecule has 0 spiro atoms. The van der Waals surface area contributed by atoms with E-state index in [1.807, 2.05) is 48.5 Å². The highest BCUT2D eigenvalue weighted by Gasteiger charge is 2.09. The number of halogens is 1. The van der Waals surface area contributed by atoms with Crippen molar-refractivity contribution in [1.82, 2.24) is 15.5 Å². The number of benzene rings is 2. The number of amides is 1. The lowest BCUT2D eigenvalue weighted by Gasteiger charge is -2.09. The van der Waals surface area contributed by atoms with Crippen LogP contribution in [0.2, 0.25) is 5.02 Å². The van der Waals surface area contributed by atoms with Gasteiger partial charge in [-0.15, -0.1) is 10.2 Å². The first-order valence-corrected chi connectivity index (χ1v) is 8.75. The Hall–Kier alpha value is -3.12. The summed E-state index contributed by atoms with van der Waals surface area (Å²) in [5, 5.41) is 14.7. The summed E-state index contributed by atoms with van der Waals surface area (Å²) in [5.74, 6) is 1.02. The zero-order valence-electron chi connectivity index (χ0n) is 14.8. The van der Waals surface area contributed by atoms with Gasteiger partial charge in [0, 0.05) is 23.7 Å². The Balaban J connectivity index is 1.54. The minimum atomic E-state index is -0.294. The molecule has 0 fully saturated rings. The molecule has 6 nitrogen and oxygen atoms in total. The molecule has 0 aliphatic rings. The number of rotatable bonds is 7. The van der Waals surface area contributed by atoms with E-state index in [9.17, 15) is 4.79 Å². The Bertz CT molecular complexity index is 899. The van der Waals surface area contributed by atoms with Gasteiger partial charge in [-0.25, -0.2) is 0 Å². The molecule has 0 bridgehead atoms. The van der Waals surface area contributed by atoms with Crippen LogP contribution < -0.4 is 15.4 Å². The molecular weight excluding hydrogens is 364 g/mol. The first-order valence-electron chi connectivity index (χ1n) is 8.38. The topological polar surface area (TPSA) is 76.1 Å². The van der Waals surface area contributed by atoms with Gasteiger partial charge >= 0.3 is 0 Å². The number of aromatic nitrogens is 2. The average Bonchev–Trinajstić information content (AvgIpc) is 2.72. The number of hydrogen-bond donors (Lipinski definition) is 2. The smallest absolute Gasteiger partial charge is 0.272 e. The summed E-state index contributed by atoms with van der Waals surface area (Å²) in [7, 11) is 1.60. The third kappa shape index (κ3) is 5.18. The maximum atomic E-state index is 12.3. The van der Waals surface area contributed by atoms with E-state index in [4.69, 9.17) is 16.3 Å². The molecule has 0 saturated heterocycles. The zero-order valence-corrected chi connectivity index (χ0v) is 15.5. The predicted octanol–water partition coefficient (Wildman–Crippen LogP) is 3.68. The van der Waals surface area contributed by atoms with Crippen molar-refractivity contribution in [2.24, 2.45) is 0 Å². The second kappa shape index (κ2) is 9.00. The lowest BCUT2D eigenvalue weighted by Crippen LogP contribution is -2.24. The monoisotopic (exact) mass is 382 g/mol. The summed E-state index contributed by atoms with van der Waals surface area (Å²) >= 11 is 5.87. The van der Waals surface area contributed by atoms with E-state index in [2.05, 4.69) is 20.8 Å². The lowest BCUT2D eigenvalue weighted by atomic mass is 10.2. The highest BCUT2D eigenvalue weighted by atomic mass is 35.5. The number of hydrogen-bond acceptors (Lipinski definition) is 5. The maximum absolute atomic E-state index is 12.3. The molecule has 2 N–H and O–H groups in total. The Morgan fingerprint density at radius 1 is 1.00 bits per heavy atom. The van der Waals surface area contributed by atoms with E-state index in [-0.39, 0.29) is 11.6 Å². The summed E-state index contributed by atoms with van der Waals surface area (Å²) < 4.78 is 5.27. The number of methoxy groups -OCH3 is 1. The Kier molecular flexibility index (Phi) is 6.22. The fourth-order valence-corrected chi connectivity index (χ4v) is 2.58. The first-order chi connectivity index (χ1) is 13.2. The molecule has 7 heteroatoms. The van der Waals surface area contributed by atoms with Crippen LogP contribution in [0.15, 0.2) is 60.7 Å². The van der Waals surface area contributed by atoms with Gasteiger partial charge < -0.3 is 15.4 Å². The first kappa shape index (κ1) is 18.7. The van der Waals surface area contributed by atoms with Crippen LogP contribution in [0.1, 0.15) is 21.6 Å². The molecule has 0 aliphatic carbocycles. The van der Waals surface area contributed by atoms with Crippen molar-refractivity contribution in [3.05, 3.63) is 82.5 Å². The lowest BCUT2D eigenvalue weighted by molar-refractivity contribution is 0.0944. The van der Waals surface area contributed by atoms with Crippen molar-refractivity contribution in [3.8, 4) is 5.75 Å². The standard InChI is InChI=1S/C20H19ClN4O2/c1-27-18-5-3-2-4-15(18)13-23-20(26)17-10-11-19(25-24-17)22-12-14-6-8-16(21)9-7-14/h2-11H,12-13H2,1H3,(H,22,25)(H,23,26). The molecule has 1 amide bonds. The molecule has 0 aliphatic heterocycles. The minimum Gasteiger partial charge on any atom is -0.496 e. The van der Waals surface area contributed by atoms with E-state index in [1.165, 1.54) is 0 Å². The molecule has 0 unspecified atom stereocenters. The Morgan fingerprint density at radius 3 is 2.48 bits per heavy atom. The summed E-state index contributed by atoms with van der Waals surface area (Å²) in [4.78, 5) is 12.3. The molecule has 2 aromatic carbocycles. The summed E-state index contributed by atoms with van der Waals surface area (Å²) in [6.45, 7) is 0.937. The Labute approximate surface area is 162 Å². The molecule has 138 valence electrons.